The van der Waals surface area contributed by atoms with Gasteiger partial charge < -0.3 is 45.9 Å². The van der Waals surface area contributed by atoms with Crippen LogP contribution in [0.15, 0.2) is 91.1 Å². The van der Waals surface area contributed by atoms with Crippen molar-refractivity contribution in [3.63, 3.8) is 0 Å². The number of quaternary nitrogens is 1. The molecule has 17 heteroatoms. The van der Waals surface area contributed by atoms with Gasteiger partial charge in [0.05, 0.1) is 25.4 Å². The molecule has 4 atom stereocenters. The predicted octanol–water partition coefficient (Wildman–Crippen LogP) is 4.91. The molecule has 0 saturated carbocycles. The second kappa shape index (κ2) is 20.9. The summed E-state index contributed by atoms with van der Waals surface area (Å²) in [6, 6.07) is 22.8. The lowest BCUT2D eigenvalue weighted by atomic mass is 10.0. The van der Waals surface area contributed by atoms with Gasteiger partial charge in [0.2, 0.25) is 30.2 Å². The zero-order chi connectivity index (χ0) is 45.1. The Balaban J connectivity index is 0.887. The van der Waals surface area contributed by atoms with Crippen LogP contribution >= 0.6 is 0 Å². The van der Waals surface area contributed by atoms with Gasteiger partial charge in [-0.2, -0.15) is 0 Å². The number of nitrogens with one attached hydrogen (secondary N) is 5. The Morgan fingerprint density at radius 1 is 0.828 bits per heavy atom. The minimum Gasteiger partial charge on any atom is -0.481 e. The molecule has 0 bridgehead atoms. The van der Waals surface area contributed by atoms with Gasteiger partial charge in [-0.3, -0.25) is 19.2 Å². The highest BCUT2D eigenvalue weighted by atomic mass is 16.7. The van der Waals surface area contributed by atoms with Crippen LogP contribution in [0.3, 0.4) is 0 Å². The minimum absolute atomic E-state index is 0.0296. The van der Waals surface area contributed by atoms with Gasteiger partial charge in [0.1, 0.15) is 6.04 Å². The number of aromatic nitrogens is 1. The Hall–Kier alpha value is -7.01. The fraction of sp³-hybridized carbons (Fsp3) is 0.383. The number of anilines is 2. The van der Waals surface area contributed by atoms with E-state index in [0.717, 1.165) is 37.2 Å². The molecular weight excluding hydrogens is 823 g/mol. The molecule has 0 aliphatic carbocycles. The minimum atomic E-state index is -1.13. The van der Waals surface area contributed by atoms with Crippen molar-refractivity contribution in [2.45, 2.75) is 89.7 Å². The summed E-state index contributed by atoms with van der Waals surface area (Å²) in [4.78, 5) is 76.8. The van der Waals surface area contributed by atoms with Gasteiger partial charge in [0.25, 0.3) is 0 Å². The summed E-state index contributed by atoms with van der Waals surface area (Å²) in [5, 5.41) is 23.9. The lowest BCUT2D eigenvalue weighted by Crippen LogP contribution is -2.51. The fourth-order valence-corrected chi connectivity index (χ4v) is 8.40. The molecule has 1 unspecified atom stereocenters. The van der Waals surface area contributed by atoms with Gasteiger partial charge in [-0.15, -0.1) is 4.57 Å². The van der Waals surface area contributed by atoms with E-state index >= 15 is 0 Å². The van der Waals surface area contributed by atoms with E-state index < -0.39 is 42.3 Å². The predicted molar refractivity (Wildman–Crippen MR) is 232 cm³/mol. The van der Waals surface area contributed by atoms with Crippen LogP contribution < -0.4 is 40.6 Å². The molecule has 336 valence electrons. The number of rotatable bonds is 21. The molecule has 7 rings (SSSR count). The van der Waals surface area contributed by atoms with Crippen LogP contribution in [0.25, 0.3) is 0 Å². The molecule has 5 amide bonds. The largest absolute Gasteiger partial charge is 0.481 e. The molecule has 3 aromatic carbocycles. The standard InChI is InChI=1S/C47H53N7O10/c1-31-11-4-5-13-36(31)52-46(61)49-34-19-16-32(17-20-34)25-42(56)50-37(45(60)51-38(27-43(57)58)33-18-21-39-40(26-33)63-30-62-39)14-6-8-22-48-41(55)15-3-2-10-24-54-28-35-12-7-9-23-53(35)47(54)64-44(59)29-54/h4-5,7,9,11-13,16-21,23,26,37-38,47H,2-3,6,8,10,14-15,22,24-25,27-30H2,1H3,(H4-2,48,49,50,51,52,55,56,57,58,60,61)/p+2/t37-,38-,47?,54-/m0/s1. The number of ether oxygens (including phenoxy) is 3. The summed E-state index contributed by atoms with van der Waals surface area (Å²) in [5.74, 6) is -1.44. The third-order valence-corrected chi connectivity index (χ3v) is 11.7. The fourth-order valence-electron chi connectivity index (χ4n) is 8.40. The number of benzene rings is 3. The van der Waals surface area contributed by atoms with Crippen molar-refractivity contribution in [2.75, 3.05) is 37.1 Å². The highest BCUT2D eigenvalue weighted by molar-refractivity contribution is 6.00. The lowest BCUT2D eigenvalue weighted by Gasteiger charge is -2.25. The van der Waals surface area contributed by atoms with E-state index in [9.17, 15) is 33.9 Å². The number of carboxylic acids is 1. The Morgan fingerprint density at radius 2 is 1.62 bits per heavy atom. The first kappa shape index (κ1) is 45.0. The van der Waals surface area contributed by atoms with E-state index in [4.69, 9.17) is 14.2 Å². The molecule has 1 aromatic heterocycles. The molecule has 4 aromatic rings. The maximum atomic E-state index is 13.9. The Morgan fingerprint density at radius 3 is 2.44 bits per heavy atom. The van der Waals surface area contributed by atoms with E-state index in [0.29, 0.717) is 77.3 Å². The normalized spacial score (nSPS) is 17.6. The molecule has 17 nitrogen and oxygen atoms in total. The number of fused-ring (bicyclic) bond motifs is 4. The Bertz CT molecular complexity index is 2360. The molecular formula is C47H55N7O10+2. The van der Waals surface area contributed by atoms with Crippen molar-refractivity contribution in [3.8, 4) is 11.5 Å². The molecule has 0 radical (unpaired) electrons. The van der Waals surface area contributed by atoms with Gasteiger partial charge in [-0.05, 0) is 98.5 Å². The molecule has 64 heavy (non-hydrogen) atoms. The molecule has 3 aliphatic rings. The number of carbonyl (C=O) groups excluding carboxylic acids is 5. The number of aryl methyl sites for hydroxylation is 1. The summed E-state index contributed by atoms with van der Waals surface area (Å²) in [5.41, 5.74) is 4.40. The second-order valence-corrected chi connectivity index (χ2v) is 16.5. The molecule has 1 saturated heterocycles. The first-order valence-electron chi connectivity index (χ1n) is 21.7. The van der Waals surface area contributed by atoms with Crippen molar-refractivity contribution in [3.05, 3.63) is 114 Å². The molecule has 6 N–H and O–H groups in total. The lowest BCUT2D eigenvalue weighted by molar-refractivity contribution is -1.06. The number of para-hydroxylation sites is 1. The van der Waals surface area contributed by atoms with Gasteiger partial charge in [-0.1, -0.05) is 36.4 Å². The van der Waals surface area contributed by atoms with Crippen LogP contribution in [0.1, 0.15) is 86.1 Å². The van der Waals surface area contributed by atoms with Gasteiger partial charge >= 0.3 is 24.3 Å². The van der Waals surface area contributed by atoms with E-state index in [1.807, 2.05) is 48.0 Å². The van der Waals surface area contributed by atoms with E-state index in [2.05, 4.69) is 32.7 Å². The van der Waals surface area contributed by atoms with E-state index in [-0.39, 0.29) is 37.9 Å². The summed E-state index contributed by atoms with van der Waals surface area (Å²) in [6.07, 6.45) is 5.11. The Labute approximate surface area is 371 Å². The first-order valence-corrected chi connectivity index (χ1v) is 21.7. The van der Waals surface area contributed by atoms with Crippen molar-refractivity contribution >= 4 is 47.1 Å². The number of aliphatic carboxylic acids is 1. The SMILES string of the molecule is Cc1ccccc1NC(=O)Nc1ccc(CC(=O)N[C@@H](CCCCNC(=O)CCCCC[N@+]23CC(=O)OC2[n+]2ccccc2C3)C(=O)N[C@@H](CC(=O)O)c2ccc3c(c2)OCO3)cc1. The zero-order valence-corrected chi connectivity index (χ0v) is 35.8. The van der Waals surface area contributed by atoms with Crippen LogP contribution in [0.4, 0.5) is 16.2 Å². The smallest absolute Gasteiger partial charge is 0.448 e. The van der Waals surface area contributed by atoms with Crippen molar-refractivity contribution in [1.29, 1.82) is 0 Å². The van der Waals surface area contributed by atoms with Crippen molar-refractivity contribution in [2.24, 2.45) is 0 Å². The molecule has 4 heterocycles. The highest BCUT2D eigenvalue weighted by Crippen LogP contribution is 2.36. The van der Waals surface area contributed by atoms with Crippen molar-refractivity contribution in [1.82, 2.24) is 16.0 Å². The number of nitrogens with zero attached hydrogens (tertiary/aromatic N) is 2. The van der Waals surface area contributed by atoms with Crippen LogP contribution in [-0.4, -0.2) is 77.7 Å². The number of hydrogen-bond donors (Lipinski definition) is 6. The average Bonchev–Trinajstić information content (AvgIpc) is 3.95. The number of unbranched alkanes of at least 4 members (excludes halogenated alkanes) is 3. The highest BCUT2D eigenvalue weighted by Gasteiger charge is 2.60. The second-order valence-electron chi connectivity index (χ2n) is 16.5. The van der Waals surface area contributed by atoms with Crippen LogP contribution in [0.5, 0.6) is 11.5 Å². The van der Waals surface area contributed by atoms with Gasteiger partial charge in [0.15, 0.2) is 30.8 Å². The number of pyridine rings is 1. The molecule has 3 aliphatic heterocycles. The van der Waals surface area contributed by atoms with E-state index in [1.54, 1.807) is 48.5 Å². The first-order chi connectivity index (χ1) is 30.9. The maximum absolute atomic E-state index is 13.9. The maximum Gasteiger partial charge on any atom is 0.448 e. The van der Waals surface area contributed by atoms with E-state index in [1.165, 1.54) is 0 Å². The average molecular weight is 878 g/mol. The number of carboxylic acid groups (broad SMARTS) is 1. The monoisotopic (exact) mass is 877 g/mol. The van der Waals surface area contributed by atoms with Gasteiger partial charge in [0, 0.05) is 36.5 Å². The van der Waals surface area contributed by atoms with Crippen LogP contribution in [0.2, 0.25) is 0 Å². The third kappa shape index (κ3) is 11.7. The molecule has 0 spiro atoms. The number of hydrogen-bond acceptors (Lipinski definition) is 9. The topological polar surface area (TPSA) is 214 Å². The molecule has 1 fully saturated rings. The summed E-state index contributed by atoms with van der Waals surface area (Å²) in [7, 11) is 0. The number of carbonyl (C=O) groups is 6. The number of urea groups is 1. The number of esters is 1. The van der Waals surface area contributed by atoms with Crippen LogP contribution in [0, 0.1) is 6.92 Å². The van der Waals surface area contributed by atoms with Gasteiger partial charge in [-0.25, -0.2) is 14.1 Å². The summed E-state index contributed by atoms with van der Waals surface area (Å²) >= 11 is 0. The number of amides is 5. The third-order valence-electron chi connectivity index (χ3n) is 11.7. The summed E-state index contributed by atoms with van der Waals surface area (Å²) in [6.45, 7) is 4.15. The zero-order valence-electron chi connectivity index (χ0n) is 35.8. The quantitative estimate of drug-likeness (QED) is 0.0288. The Kier molecular flexibility index (Phi) is 14.7. The summed E-state index contributed by atoms with van der Waals surface area (Å²) < 4.78 is 19.1. The van der Waals surface area contributed by atoms with Crippen LogP contribution in [-0.2, 0) is 41.7 Å². The van der Waals surface area contributed by atoms with Crippen molar-refractivity contribution < 1.29 is 57.1 Å².